The molecule has 0 atom stereocenters. The summed E-state index contributed by atoms with van der Waals surface area (Å²) < 4.78 is 10.7. The van der Waals surface area contributed by atoms with E-state index in [1.165, 1.54) is 0 Å². The number of aryl methyl sites for hydroxylation is 1. The summed E-state index contributed by atoms with van der Waals surface area (Å²) in [4.78, 5) is 36.1. The maximum atomic E-state index is 12.4. The molecule has 2 rings (SSSR count). The predicted octanol–water partition coefficient (Wildman–Crippen LogP) is 3.46. The van der Waals surface area contributed by atoms with Crippen molar-refractivity contribution in [3.63, 3.8) is 0 Å². The molecule has 2 aromatic carbocycles. The number of ether oxygens (including phenoxy) is 2. The van der Waals surface area contributed by atoms with E-state index in [4.69, 9.17) is 9.47 Å². The van der Waals surface area contributed by atoms with Crippen molar-refractivity contribution in [3.05, 3.63) is 59.2 Å². The number of anilines is 1. The minimum Gasteiger partial charge on any atom is -0.483 e. The average molecular weight is 442 g/mol. The fraction of sp³-hybridized carbons (Fsp3) is 0.375. The minimum absolute atomic E-state index is 0.134. The van der Waals surface area contributed by atoms with E-state index in [0.717, 1.165) is 16.7 Å². The zero-order valence-corrected chi connectivity index (χ0v) is 19.2. The van der Waals surface area contributed by atoms with Gasteiger partial charge in [0.05, 0.1) is 0 Å². The molecule has 0 saturated carbocycles. The van der Waals surface area contributed by atoms with Gasteiger partial charge in [0.25, 0.3) is 5.91 Å². The molecule has 0 aromatic heterocycles. The number of amides is 3. The van der Waals surface area contributed by atoms with Gasteiger partial charge in [-0.2, -0.15) is 0 Å². The molecule has 0 fully saturated rings. The maximum Gasteiger partial charge on any atom is 0.408 e. The van der Waals surface area contributed by atoms with Gasteiger partial charge in [-0.25, -0.2) is 4.79 Å². The Kier molecular flexibility index (Phi) is 8.63. The van der Waals surface area contributed by atoms with Crippen LogP contribution in [0.2, 0.25) is 0 Å². The van der Waals surface area contributed by atoms with Crippen LogP contribution in [-0.2, 0) is 20.9 Å². The summed E-state index contributed by atoms with van der Waals surface area (Å²) in [6.07, 6.45) is -0.663. The first-order valence-corrected chi connectivity index (χ1v) is 10.4. The summed E-state index contributed by atoms with van der Waals surface area (Å²) in [6.45, 7) is 8.98. The molecule has 8 nitrogen and oxygen atoms in total. The number of para-hydroxylation sites is 1. The van der Waals surface area contributed by atoms with E-state index in [9.17, 15) is 14.4 Å². The second-order valence-corrected chi connectivity index (χ2v) is 8.32. The lowest BCUT2D eigenvalue weighted by Crippen LogP contribution is -2.39. The second kappa shape index (κ2) is 11.2. The summed E-state index contributed by atoms with van der Waals surface area (Å²) in [5.41, 5.74) is 2.73. The molecule has 0 spiro atoms. The first-order valence-electron chi connectivity index (χ1n) is 10.4. The Labute approximate surface area is 188 Å². The van der Waals surface area contributed by atoms with E-state index in [1.54, 1.807) is 39.0 Å². The highest BCUT2D eigenvalue weighted by molar-refractivity contribution is 5.92. The van der Waals surface area contributed by atoms with Crippen LogP contribution in [0.5, 0.6) is 5.75 Å². The van der Waals surface area contributed by atoms with Gasteiger partial charge in [0.2, 0.25) is 5.91 Å². The number of carbonyl (C=O) groups is 3. The van der Waals surface area contributed by atoms with Gasteiger partial charge in [0, 0.05) is 12.2 Å². The molecule has 172 valence electrons. The van der Waals surface area contributed by atoms with Crippen LogP contribution in [0.1, 0.15) is 37.5 Å². The zero-order chi connectivity index (χ0) is 23.7. The smallest absolute Gasteiger partial charge is 0.408 e. The molecule has 0 aliphatic heterocycles. The Morgan fingerprint density at radius 3 is 2.34 bits per heavy atom. The Hall–Kier alpha value is -3.55. The van der Waals surface area contributed by atoms with Crippen LogP contribution in [0.15, 0.2) is 42.5 Å². The SMILES string of the molecule is Cc1cccc(OCC(=O)Nc2ccccc2CNC(=O)CNC(=O)OC(C)(C)C)c1C. The molecule has 0 heterocycles. The van der Waals surface area contributed by atoms with Crippen LogP contribution >= 0.6 is 0 Å². The van der Waals surface area contributed by atoms with Crippen LogP contribution < -0.4 is 20.7 Å². The highest BCUT2D eigenvalue weighted by Gasteiger charge is 2.16. The average Bonchev–Trinajstić information content (AvgIpc) is 2.71. The van der Waals surface area contributed by atoms with Gasteiger partial charge in [-0.1, -0.05) is 30.3 Å². The van der Waals surface area contributed by atoms with E-state index in [1.807, 2.05) is 38.1 Å². The highest BCUT2D eigenvalue weighted by Crippen LogP contribution is 2.21. The number of benzene rings is 2. The summed E-state index contributed by atoms with van der Waals surface area (Å²) in [6, 6.07) is 12.8. The topological polar surface area (TPSA) is 106 Å². The van der Waals surface area contributed by atoms with Crippen LogP contribution in [0.4, 0.5) is 10.5 Å². The molecule has 0 radical (unpaired) electrons. The van der Waals surface area contributed by atoms with E-state index in [2.05, 4.69) is 16.0 Å². The molecular weight excluding hydrogens is 410 g/mol. The van der Waals surface area contributed by atoms with Crippen LogP contribution in [-0.4, -0.2) is 36.7 Å². The monoisotopic (exact) mass is 441 g/mol. The van der Waals surface area contributed by atoms with Crippen LogP contribution in [0, 0.1) is 13.8 Å². The molecule has 2 aromatic rings. The molecular formula is C24H31N3O5. The van der Waals surface area contributed by atoms with Gasteiger partial charge in [-0.05, 0) is 63.4 Å². The van der Waals surface area contributed by atoms with Crippen LogP contribution in [0.3, 0.4) is 0 Å². The van der Waals surface area contributed by atoms with Crippen molar-refractivity contribution in [2.75, 3.05) is 18.5 Å². The summed E-state index contributed by atoms with van der Waals surface area (Å²) >= 11 is 0. The Bertz CT molecular complexity index is 966. The quantitative estimate of drug-likeness (QED) is 0.582. The highest BCUT2D eigenvalue weighted by atomic mass is 16.6. The number of hydrogen-bond donors (Lipinski definition) is 3. The first kappa shape index (κ1) is 24.7. The molecule has 8 heteroatoms. The molecule has 0 saturated heterocycles. The number of hydrogen-bond acceptors (Lipinski definition) is 5. The molecule has 32 heavy (non-hydrogen) atoms. The third kappa shape index (κ3) is 8.29. The van der Waals surface area contributed by atoms with Crippen molar-refractivity contribution in [2.24, 2.45) is 0 Å². The largest absolute Gasteiger partial charge is 0.483 e. The Morgan fingerprint density at radius 1 is 0.906 bits per heavy atom. The van der Waals surface area contributed by atoms with Crippen molar-refractivity contribution < 1.29 is 23.9 Å². The van der Waals surface area contributed by atoms with Crippen molar-refractivity contribution in [2.45, 2.75) is 46.8 Å². The Balaban J connectivity index is 1.85. The fourth-order valence-electron chi connectivity index (χ4n) is 2.73. The standard InChI is InChI=1S/C24H31N3O5/c1-16-9-8-12-20(17(16)2)31-15-22(29)27-19-11-7-6-10-18(19)13-25-21(28)14-26-23(30)32-24(3,4)5/h6-12H,13-15H2,1-5H3,(H,25,28)(H,26,30)(H,27,29). The van der Waals surface area contributed by atoms with Crippen molar-refractivity contribution in [1.82, 2.24) is 10.6 Å². The number of carbonyl (C=O) groups excluding carboxylic acids is 3. The van der Waals surface area contributed by atoms with Gasteiger partial charge >= 0.3 is 6.09 Å². The van der Waals surface area contributed by atoms with Gasteiger partial charge in [-0.3, -0.25) is 9.59 Å². The number of alkyl carbamates (subject to hydrolysis) is 1. The lowest BCUT2D eigenvalue weighted by atomic mass is 10.1. The van der Waals surface area contributed by atoms with Gasteiger partial charge in [0.1, 0.15) is 17.9 Å². The molecule has 0 bridgehead atoms. The predicted molar refractivity (Wildman–Crippen MR) is 123 cm³/mol. The van der Waals surface area contributed by atoms with Gasteiger partial charge in [0.15, 0.2) is 6.61 Å². The molecule has 3 amide bonds. The fourth-order valence-corrected chi connectivity index (χ4v) is 2.73. The van der Waals surface area contributed by atoms with Crippen molar-refractivity contribution in [1.29, 1.82) is 0 Å². The second-order valence-electron chi connectivity index (χ2n) is 8.32. The normalized spacial score (nSPS) is 10.8. The molecule has 0 aliphatic rings. The van der Waals surface area contributed by atoms with Crippen LogP contribution in [0.25, 0.3) is 0 Å². The number of rotatable bonds is 8. The first-order chi connectivity index (χ1) is 15.0. The molecule has 3 N–H and O–H groups in total. The minimum atomic E-state index is -0.663. The third-order valence-corrected chi connectivity index (χ3v) is 4.47. The lowest BCUT2D eigenvalue weighted by molar-refractivity contribution is -0.120. The lowest BCUT2D eigenvalue weighted by Gasteiger charge is -2.19. The van der Waals surface area contributed by atoms with E-state index in [-0.39, 0.29) is 31.5 Å². The van der Waals surface area contributed by atoms with Crippen molar-refractivity contribution >= 4 is 23.6 Å². The number of nitrogens with one attached hydrogen (secondary N) is 3. The van der Waals surface area contributed by atoms with E-state index < -0.39 is 11.7 Å². The summed E-state index contributed by atoms with van der Waals surface area (Å²) in [5, 5.41) is 7.92. The van der Waals surface area contributed by atoms with Gasteiger partial charge < -0.3 is 25.4 Å². The third-order valence-electron chi connectivity index (χ3n) is 4.47. The Morgan fingerprint density at radius 2 is 1.62 bits per heavy atom. The van der Waals surface area contributed by atoms with Crippen molar-refractivity contribution in [3.8, 4) is 5.75 Å². The molecule has 0 unspecified atom stereocenters. The van der Waals surface area contributed by atoms with Gasteiger partial charge in [-0.15, -0.1) is 0 Å². The molecule has 0 aliphatic carbocycles. The van der Waals surface area contributed by atoms with E-state index >= 15 is 0 Å². The van der Waals surface area contributed by atoms with E-state index in [0.29, 0.717) is 11.4 Å². The summed E-state index contributed by atoms with van der Waals surface area (Å²) in [7, 11) is 0. The zero-order valence-electron chi connectivity index (χ0n) is 19.2. The maximum absolute atomic E-state index is 12.4. The summed E-state index contributed by atoms with van der Waals surface area (Å²) in [5.74, 6) is -0.0234.